The van der Waals surface area contributed by atoms with Gasteiger partial charge in [-0.05, 0) is 61.8 Å². The Balaban J connectivity index is 2.40. The van der Waals surface area contributed by atoms with E-state index in [0.29, 0.717) is 5.92 Å². The molecule has 1 unspecified atom stereocenters. The Kier molecular flexibility index (Phi) is 3.43. The van der Waals surface area contributed by atoms with Crippen molar-refractivity contribution in [1.82, 2.24) is 0 Å². The van der Waals surface area contributed by atoms with Gasteiger partial charge in [-0.3, -0.25) is 0 Å². The largest absolute Gasteiger partial charge is 0.496 e. The van der Waals surface area contributed by atoms with Crippen LogP contribution >= 0.6 is 0 Å². The highest BCUT2D eigenvalue weighted by atomic mass is 16.5. The van der Waals surface area contributed by atoms with Gasteiger partial charge >= 0.3 is 0 Å². The molecule has 0 spiro atoms. The number of rotatable bonds is 3. The second-order valence-corrected chi connectivity index (χ2v) is 5.28. The van der Waals surface area contributed by atoms with Crippen LogP contribution in [0.25, 0.3) is 0 Å². The SMILES string of the molecule is COc1c(C)cc(C(N)C2CCC2)c(C)c1C. The summed E-state index contributed by atoms with van der Waals surface area (Å²) in [7, 11) is 1.74. The molecule has 1 aromatic carbocycles. The summed E-state index contributed by atoms with van der Waals surface area (Å²) >= 11 is 0. The van der Waals surface area contributed by atoms with Crippen molar-refractivity contribution in [3.8, 4) is 5.75 Å². The minimum atomic E-state index is 0.201. The first kappa shape index (κ1) is 12.4. The maximum absolute atomic E-state index is 6.39. The van der Waals surface area contributed by atoms with Gasteiger partial charge in [-0.15, -0.1) is 0 Å². The quantitative estimate of drug-likeness (QED) is 0.868. The third kappa shape index (κ3) is 2.06. The van der Waals surface area contributed by atoms with Crippen LogP contribution in [0.1, 0.15) is 47.6 Å². The van der Waals surface area contributed by atoms with Crippen molar-refractivity contribution in [2.45, 2.75) is 46.1 Å². The Labute approximate surface area is 104 Å². The summed E-state index contributed by atoms with van der Waals surface area (Å²) in [5.41, 5.74) is 11.4. The Morgan fingerprint density at radius 3 is 2.35 bits per heavy atom. The zero-order valence-corrected chi connectivity index (χ0v) is 11.3. The number of ether oxygens (including phenoxy) is 1. The van der Waals surface area contributed by atoms with Gasteiger partial charge in [-0.2, -0.15) is 0 Å². The number of methoxy groups -OCH3 is 1. The van der Waals surface area contributed by atoms with Gasteiger partial charge in [0, 0.05) is 6.04 Å². The van der Waals surface area contributed by atoms with Gasteiger partial charge in [-0.1, -0.05) is 12.5 Å². The van der Waals surface area contributed by atoms with Crippen LogP contribution in [-0.4, -0.2) is 7.11 Å². The van der Waals surface area contributed by atoms with Crippen LogP contribution in [0.5, 0.6) is 5.75 Å². The first-order chi connectivity index (χ1) is 8.06. The van der Waals surface area contributed by atoms with E-state index in [-0.39, 0.29) is 6.04 Å². The van der Waals surface area contributed by atoms with E-state index in [0.717, 1.165) is 5.75 Å². The summed E-state index contributed by atoms with van der Waals surface area (Å²) in [6.07, 6.45) is 3.90. The lowest BCUT2D eigenvalue weighted by Gasteiger charge is -2.33. The number of nitrogens with two attached hydrogens (primary N) is 1. The molecule has 2 heteroatoms. The summed E-state index contributed by atoms with van der Waals surface area (Å²) < 4.78 is 5.45. The third-order valence-corrected chi connectivity index (χ3v) is 4.29. The predicted molar refractivity (Wildman–Crippen MR) is 71.5 cm³/mol. The molecule has 0 aliphatic heterocycles. The molecule has 1 fully saturated rings. The molecule has 0 saturated heterocycles. The Morgan fingerprint density at radius 1 is 1.24 bits per heavy atom. The smallest absolute Gasteiger partial charge is 0.124 e. The number of aryl methyl sites for hydroxylation is 1. The van der Waals surface area contributed by atoms with Crippen molar-refractivity contribution in [3.05, 3.63) is 28.3 Å². The molecule has 1 aromatic rings. The zero-order chi connectivity index (χ0) is 12.6. The topological polar surface area (TPSA) is 35.2 Å². The van der Waals surface area contributed by atoms with E-state index in [9.17, 15) is 0 Å². The lowest BCUT2D eigenvalue weighted by molar-refractivity contribution is 0.263. The molecule has 17 heavy (non-hydrogen) atoms. The molecular formula is C15H23NO. The predicted octanol–water partition coefficient (Wildman–Crippen LogP) is 3.42. The molecule has 0 heterocycles. The highest BCUT2D eigenvalue weighted by molar-refractivity contribution is 5.50. The highest BCUT2D eigenvalue weighted by Gasteiger charge is 2.27. The summed E-state index contributed by atoms with van der Waals surface area (Å²) in [5, 5.41) is 0. The molecule has 2 rings (SSSR count). The Morgan fingerprint density at radius 2 is 1.88 bits per heavy atom. The maximum atomic E-state index is 6.39. The van der Waals surface area contributed by atoms with Gasteiger partial charge in [0.25, 0.3) is 0 Å². The summed E-state index contributed by atoms with van der Waals surface area (Å²) in [5.74, 6) is 1.69. The lowest BCUT2D eigenvalue weighted by atomic mass is 9.76. The number of hydrogen-bond acceptors (Lipinski definition) is 2. The van der Waals surface area contributed by atoms with Gasteiger partial charge in [0.15, 0.2) is 0 Å². The highest BCUT2D eigenvalue weighted by Crippen LogP contribution is 2.39. The zero-order valence-electron chi connectivity index (χ0n) is 11.3. The van der Waals surface area contributed by atoms with Gasteiger partial charge in [-0.25, -0.2) is 0 Å². The number of benzene rings is 1. The van der Waals surface area contributed by atoms with Crippen molar-refractivity contribution in [2.75, 3.05) is 7.11 Å². The van der Waals surface area contributed by atoms with Crippen molar-refractivity contribution in [1.29, 1.82) is 0 Å². The Hall–Kier alpha value is -1.02. The van der Waals surface area contributed by atoms with Crippen molar-refractivity contribution in [2.24, 2.45) is 11.7 Å². The molecule has 1 saturated carbocycles. The van der Waals surface area contributed by atoms with Crippen LogP contribution in [0, 0.1) is 26.7 Å². The van der Waals surface area contributed by atoms with E-state index in [4.69, 9.17) is 10.5 Å². The molecule has 2 nitrogen and oxygen atoms in total. The third-order valence-electron chi connectivity index (χ3n) is 4.29. The average Bonchev–Trinajstić information content (AvgIpc) is 2.21. The van der Waals surface area contributed by atoms with Gasteiger partial charge in [0.1, 0.15) is 5.75 Å². The van der Waals surface area contributed by atoms with Crippen molar-refractivity contribution < 1.29 is 4.74 Å². The molecule has 94 valence electrons. The van der Waals surface area contributed by atoms with E-state index in [1.807, 2.05) is 0 Å². The monoisotopic (exact) mass is 233 g/mol. The molecule has 0 amide bonds. The molecule has 0 aromatic heterocycles. The van der Waals surface area contributed by atoms with Gasteiger partial charge in [0.2, 0.25) is 0 Å². The second kappa shape index (κ2) is 4.69. The maximum Gasteiger partial charge on any atom is 0.124 e. The average molecular weight is 233 g/mol. The fraction of sp³-hybridized carbons (Fsp3) is 0.600. The van der Waals surface area contributed by atoms with Crippen LogP contribution in [0.15, 0.2) is 6.07 Å². The first-order valence-electron chi connectivity index (χ1n) is 6.46. The van der Waals surface area contributed by atoms with Gasteiger partial charge in [0.05, 0.1) is 7.11 Å². The summed E-state index contributed by atoms with van der Waals surface area (Å²) in [4.78, 5) is 0. The second-order valence-electron chi connectivity index (χ2n) is 5.28. The first-order valence-corrected chi connectivity index (χ1v) is 6.46. The molecule has 0 bridgehead atoms. The van der Waals surface area contributed by atoms with Crippen LogP contribution in [0.3, 0.4) is 0 Å². The number of hydrogen-bond donors (Lipinski definition) is 1. The lowest BCUT2D eigenvalue weighted by Crippen LogP contribution is -2.27. The van der Waals surface area contributed by atoms with E-state index in [2.05, 4.69) is 26.8 Å². The van der Waals surface area contributed by atoms with Crippen molar-refractivity contribution in [3.63, 3.8) is 0 Å². The standard InChI is InChI=1S/C15H23NO/c1-9-8-13(14(16)12-6-5-7-12)10(2)11(3)15(9)17-4/h8,12,14H,5-7,16H2,1-4H3. The summed E-state index contributed by atoms with van der Waals surface area (Å²) in [6, 6.07) is 2.41. The molecule has 0 radical (unpaired) electrons. The molecule has 1 aliphatic rings. The molecule has 1 aliphatic carbocycles. The fourth-order valence-electron chi connectivity index (χ4n) is 2.80. The molecule has 2 N–H and O–H groups in total. The van der Waals surface area contributed by atoms with E-state index in [1.165, 1.54) is 41.5 Å². The van der Waals surface area contributed by atoms with Crippen LogP contribution < -0.4 is 10.5 Å². The normalized spacial score (nSPS) is 17.7. The van der Waals surface area contributed by atoms with E-state index in [1.54, 1.807) is 7.11 Å². The fourth-order valence-corrected chi connectivity index (χ4v) is 2.80. The minimum absolute atomic E-state index is 0.201. The minimum Gasteiger partial charge on any atom is -0.496 e. The van der Waals surface area contributed by atoms with Crippen LogP contribution in [0.2, 0.25) is 0 Å². The van der Waals surface area contributed by atoms with Gasteiger partial charge < -0.3 is 10.5 Å². The van der Waals surface area contributed by atoms with E-state index >= 15 is 0 Å². The van der Waals surface area contributed by atoms with Crippen molar-refractivity contribution >= 4 is 0 Å². The molecular weight excluding hydrogens is 210 g/mol. The molecule has 1 atom stereocenters. The Bertz CT molecular complexity index is 421. The van der Waals surface area contributed by atoms with Crippen LogP contribution in [-0.2, 0) is 0 Å². The van der Waals surface area contributed by atoms with Crippen LogP contribution in [0.4, 0.5) is 0 Å². The van der Waals surface area contributed by atoms with E-state index < -0.39 is 0 Å². The summed E-state index contributed by atoms with van der Waals surface area (Å²) in [6.45, 7) is 6.38.